The summed E-state index contributed by atoms with van der Waals surface area (Å²) in [5.74, 6) is 0.424. The molecule has 106 valence electrons. The molecule has 0 radical (unpaired) electrons. The van der Waals surface area contributed by atoms with Crippen LogP contribution in [0.2, 0.25) is 0 Å². The maximum Gasteiger partial charge on any atom is 0.134 e. The van der Waals surface area contributed by atoms with Gasteiger partial charge < -0.3 is 9.32 Å². The molecule has 3 aromatic rings. The lowest BCUT2D eigenvalue weighted by Crippen LogP contribution is -2.31. The molecule has 0 fully saturated rings. The lowest BCUT2D eigenvalue weighted by Gasteiger charge is -2.33. The number of benzene rings is 2. The van der Waals surface area contributed by atoms with Crippen molar-refractivity contribution in [2.45, 2.75) is 19.4 Å². The van der Waals surface area contributed by atoms with Crippen LogP contribution in [0, 0.1) is 6.92 Å². The Kier molecular flexibility index (Phi) is 2.86. The van der Waals surface area contributed by atoms with Crippen molar-refractivity contribution in [1.29, 1.82) is 0 Å². The molecule has 4 rings (SSSR count). The van der Waals surface area contributed by atoms with E-state index in [4.69, 9.17) is 4.42 Å². The summed E-state index contributed by atoms with van der Waals surface area (Å²) in [6, 6.07) is 15.3. The van der Waals surface area contributed by atoms with Crippen LogP contribution in [-0.4, -0.2) is 18.5 Å². The number of aryl methyl sites for hydroxylation is 1. The van der Waals surface area contributed by atoms with E-state index in [0.29, 0.717) is 5.92 Å². The summed E-state index contributed by atoms with van der Waals surface area (Å²) in [4.78, 5) is 2.41. The predicted molar refractivity (Wildman–Crippen MR) is 85.6 cm³/mol. The molecule has 2 heteroatoms. The van der Waals surface area contributed by atoms with E-state index in [2.05, 4.69) is 55.3 Å². The molecule has 0 bridgehead atoms. The highest BCUT2D eigenvalue weighted by molar-refractivity contribution is 5.78. The number of hydrogen-bond acceptors (Lipinski definition) is 2. The zero-order chi connectivity index (χ0) is 14.4. The first-order chi connectivity index (χ1) is 10.2. The SMILES string of the molecule is Cc1cccc2c1CN(C)CC2c1ccc2ccoc2c1. The Labute approximate surface area is 125 Å². The number of fused-ring (bicyclic) bond motifs is 2. The van der Waals surface area contributed by atoms with Crippen molar-refractivity contribution in [2.75, 3.05) is 13.6 Å². The van der Waals surface area contributed by atoms with Crippen molar-refractivity contribution in [3.63, 3.8) is 0 Å². The Balaban J connectivity index is 1.86. The summed E-state index contributed by atoms with van der Waals surface area (Å²) >= 11 is 0. The van der Waals surface area contributed by atoms with Crippen LogP contribution in [-0.2, 0) is 6.54 Å². The van der Waals surface area contributed by atoms with Gasteiger partial charge in [0, 0.05) is 24.4 Å². The Morgan fingerprint density at radius 1 is 1.14 bits per heavy atom. The molecule has 0 spiro atoms. The molecule has 0 N–H and O–H groups in total. The maximum atomic E-state index is 5.57. The van der Waals surface area contributed by atoms with E-state index >= 15 is 0 Å². The molecule has 1 aromatic heterocycles. The van der Waals surface area contributed by atoms with Crippen LogP contribution in [0.25, 0.3) is 11.0 Å². The average molecular weight is 277 g/mol. The van der Waals surface area contributed by atoms with Crippen molar-refractivity contribution >= 4 is 11.0 Å². The van der Waals surface area contributed by atoms with Gasteiger partial charge in [0.1, 0.15) is 5.58 Å². The average Bonchev–Trinajstić information content (AvgIpc) is 2.95. The van der Waals surface area contributed by atoms with E-state index in [1.54, 1.807) is 6.26 Å². The fourth-order valence-electron chi connectivity index (χ4n) is 3.48. The second kappa shape index (κ2) is 4.74. The van der Waals surface area contributed by atoms with Crippen LogP contribution < -0.4 is 0 Å². The fourth-order valence-corrected chi connectivity index (χ4v) is 3.48. The molecular formula is C19H19NO. The molecule has 0 aliphatic carbocycles. The summed E-state index contributed by atoms with van der Waals surface area (Å²) in [5, 5.41) is 1.17. The highest BCUT2D eigenvalue weighted by atomic mass is 16.3. The molecule has 1 unspecified atom stereocenters. The zero-order valence-electron chi connectivity index (χ0n) is 12.5. The molecule has 0 saturated carbocycles. The van der Waals surface area contributed by atoms with Gasteiger partial charge in [-0.2, -0.15) is 0 Å². The number of likely N-dealkylation sites (N-methyl/N-ethyl adjacent to an activating group) is 1. The highest BCUT2D eigenvalue weighted by Crippen LogP contribution is 2.35. The molecular weight excluding hydrogens is 258 g/mol. The highest BCUT2D eigenvalue weighted by Gasteiger charge is 2.25. The standard InChI is InChI=1S/C19H19NO/c1-13-4-3-5-16-17(13)11-20(2)12-18(16)15-7-6-14-8-9-21-19(14)10-15/h3-10,18H,11-12H2,1-2H3. The summed E-state index contributed by atoms with van der Waals surface area (Å²) in [6.45, 7) is 4.31. The van der Waals surface area contributed by atoms with Gasteiger partial charge in [0.05, 0.1) is 6.26 Å². The third kappa shape index (κ3) is 2.07. The lowest BCUT2D eigenvalue weighted by atomic mass is 9.83. The molecule has 21 heavy (non-hydrogen) atoms. The Hall–Kier alpha value is -2.06. The van der Waals surface area contributed by atoms with Gasteiger partial charge in [-0.3, -0.25) is 0 Å². The molecule has 1 aliphatic heterocycles. The minimum Gasteiger partial charge on any atom is -0.464 e. The number of rotatable bonds is 1. The van der Waals surface area contributed by atoms with E-state index in [0.717, 1.165) is 18.7 Å². The van der Waals surface area contributed by atoms with Crippen LogP contribution in [0.1, 0.15) is 28.2 Å². The van der Waals surface area contributed by atoms with Crippen molar-refractivity contribution < 1.29 is 4.42 Å². The van der Waals surface area contributed by atoms with Gasteiger partial charge in [-0.05, 0) is 48.4 Å². The second-order valence-electron chi connectivity index (χ2n) is 6.11. The van der Waals surface area contributed by atoms with E-state index in [1.165, 1.54) is 27.6 Å². The van der Waals surface area contributed by atoms with Gasteiger partial charge in [0.2, 0.25) is 0 Å². The third-order valence-electron chi connectivity index (χ3n) is 4.63. The molecule has 0 saturated heterocycles. The van der Waals surface area contributed by atoms with E-state index in [9.17, 15) is 0 Å². The Morgan fingerprint density at radius 3 is 2.95 bits per heavy atom. The Morgan fingerprint density at radius 2 is 2.05 bits per heavy atom. The first-order valence-corrected chi connectivity index (χ1v) is 7.46. The fraction of sp³-hybridized carbons (Fsp3) is 0.263. The topological polar surface area (TPSA) is 16.4 Å². The second-order valence-corrected chi connectivity index (χ2v) is 6.11. The van der Waals surface area contributed by atoms with Crippen LogP contribution >= 0.6 is 0 Å². The Bertz CT molecular complexity index is 802. The van der Waals surface area contributed by atoms with Crippen molar-refractivity contribution in [2.24, 2.45) is 0 Å². The first-order valence-electron chi connectivity index (χ1n) is 7.46. The molecule has 2 nitrogen and oxygen atoms in total. The lowest BCUT2D eigenvalue weighted by molar-refractivity contribution is 0.294. The van der Waals surface area contributed by atoms with Gasteiger partial charge in [-0.15, -0.1) is 0 Å². The minimum absolute atomic E-state index is 0.424. The van der Waals surface area contributed by atoms with E-state index < -0.39 is 0 Å². The summed E-state index contributed by atoms with van der Waals surface area (Å²) < 4.78 is 5.57. The predicted octanol–water partition coefficient (Wildman–Crippen LogP) is 4.32. The van der Waals surface area contributed by atoms with Crippen molar-refractivity contribution in [3.8, 4) is 0 Å². The maximum absolute atomic E-state index is 5.57. The molecule has 2 heterocycles. The third-order valence-corrected chi connectivity index (χ3v) is 4.63. The number of hydrogen-bond donors (Lipinski definition) is 0. The largest absolute Gasteiger partial charge is 0.464 e. The van der Waals surface area contributed by atoms with Crippen molar-refractivity contribution in [3.05, 3.63) is 71.0 Å². The molecule has 1 atom stereocenters. The molecule has 2 aromatic carbocycles. The number of nitrogens with zero attached hydrogens (tertiary/aromatic N) is 1. The van der Waals surface area contributed by atoms with Gasteiger partial charge in [0.25, 0.3) is 0 Å². The summed E-state index contributed by atoms with van der Waals surface area (Å²) in [7, 11) is 2.20. The number of furan rings is 1. The van der Waals surface area contributed by atoms with Gasteiger partial charge in [-0.1, -0.05) is 30.3 Å². The quantitative estimate of drug-likeness (QED) is 0.658. The van der Waals surface area contributed by atoms with Crippen LogP contribution in [0.3, 0.4) is 0 Å². The van der Waals surface area contributed by atoms with Gasteiger partial charge in [-0.25, -0.2) is 0 Å². The monoisotopic (exact) mass is 277 g/mol. The molecule has 0 amide bonds. The smallest absolute Gasteiger partial charge is 0.134 e. The first kappa shape index (κ1) is 12.7. The van der Waals surface area contributed by atoms with E-state index in [-0.39, 0.29) is 0 Å². The zero-order valence-corrected chi connectivity index (χ0v) is 12.5. The van der Waals surface area contributed by atoms with Crippen molar-refractivity contribution in [1.82, 2.24) is 4.90 Å². The summed E-state index contributed by atoms with van der Waals surface area (Å²) in [6.07, 6.45) is 1.76. The normalized spacial score (nSPS) is 18.9. The van der Waals surface area contributed by atoms with Crippen LogP contribution in [0.15, 0.2) is 53.1 Å². The molecule has 1 aliphatic rings. The van der Waals surface area contributed by atoms with Crippen LogP contribution in [0.4, 0.5) is 0 Å². The van der Waals surface area contributed by atoms with Gasteiger partial charge >= 0.3 is 0 Å². The van der Waals surface area contributed by atoms with Crippen LogP contribution in [0.5, 0.6) is 0 Å². The van der Waals surface area contributed by atoms with Gasteiger partial charge in [0.15, 0.2) is 0 Å². The van der Waals surface area contributed by atoms with E-state index in [1.807, 2.05) is 6.07 Å². The summed E-state index contributed by atoms with van der Waals surface area (Å²) in [5.41, 5.74) is 6.67. The minimum atomic E-state index is 0.424.